The molecule has 0 amide bonds. The Balaban J connectivity index is 3.10. The Morgan fingerprint density at radius 3 is 2.40 bits per heavy atom. The highest BCUT2D eigenvalue weighted by atomic mass is 16.5. The second-order valence-corrected chi connectivity index (χ2v) is 4.25. The van der Waals surface area contributed by atoms with Crippen molar-refractivity contribution in [3.63, 3.8) is 0 Å². The molecule has 0 aliphatic heterocycles. The molecule has 8 nitrogen and oxygen atoms in total. The van der Waals surface area contributed by atoms with Crippen molar-refractivity contribution in [3.05, 3.63) is 0 Å². The maximum absolute atomic E-state index is 5.38. The Hall–Kier alpha value is -1.67. The van der Waals surface area contributed by atoms with Crippen molar-refractivity contribution in [3.8, 4) is 6.01 Å². The summed E-state index contributed by atoms with van der Waals surface area (Å²) in [4.78, 5) is 14.7. The summed E-state index contributed by atoms with van der Waals surface area (Å²) in [5.41, 5.74) is 2.43. The third-order valence-electron chi connectivity index (χ3n) is 3.09. The van der Waals surface area contributed by atoms with Gasteiger partial charge < -0.3 is 14.4 Å². The van der Waals surface area contributed by atoms with E-state index in [2.05, 4.69) is 39.1 Å². The highest BCUT2D eigenvalue weighted by molar-refractivity contribution is 5.38. The number of anilines is 2. The summed E-state index contributed by atoms with van der Waals surface area (Å²) in [7, 11) is 3.18. The molecule has 0 bridgehead atoms. The van der Waals surface area contributed by atoms with Gasteiger partial charge in [0.05, 0.1) is 13.7 Å². The number of hydrogen-bond donors (Lipinski definition) is 2. The number of hydrogen-bond acceptors (Lipinski definition) is 8. The van der Waals surface area contributed by atoms with Gasteiger partial charge in [-0.25, -0.2) is 5.84 Å². The fraction of sp³-hybridized carbons (Fsp3) is 0.750. The molecule has 1 aromatic heterocycles. The van der Waals surface area contributed by atoms with Crippen molar-refractivity contribution in [2.75, 3.05) is 37.7 Å². The van der Waals surface area contributed by atoms with Crippen LogP contribution in [0.3, 0.4) is 0 Å². The highest BCUT2D eigenvalue weighted by Gasteiger charge is 2.20. The van der Waals surface area contributed by atoms with Crippen molar-refractivity contribution < 1.29 is 9.47 Å². The van der Waals surface area contributed by atoms with Gasteiger partial charge in [-0.1, -0.05) is 13.8 Å². The maximum atomic E-state index is 5.38. The molecular weight excluding hydrogens is 260 g/mol. The van der Waals surface area contributed by atoms with Gasteiger partial charge >= 0.3 is 6.01 Å². The van der Waals surface area contributed by atoms with Crippen molar-refractivity contribution in [1.82, 2.24) is 15.0 Å². The minimum atomic E-state index is 0.233. The monoisotopic (exact) mass is 284 g/mol. The number of hydrazine groups is 1. The van der Waals surface area contributed by atoms with Crippen LogP contribution in [0.4, 0.5) is 11.9 Å². The second kappa shape index (κ2) is 8.49. The van der Waals surface area contributed by atoms with Crippen LogP contribution in [-0.2, 0) is 4.74 Å². The molecule has 1 rings (SSSR count). The molecule has 0 aliphatic carbocycles. The normalized spacial score (nSPS) is 10.7. The molecule has 0 fully saturated rings. The summed E-state index contributed by atoms with van der Waals surface area (Å²) in [6.45, 7) is 5.55. The van der Waals surface area contributed by atoms with Crippen LogP contribution in [0.1, 0.15) is 26.7 Å². The van der Waals surface area contributed by atoms with Crippen molar-refractivity contribution in [2.24, 2.45) is 5.84 Å². The molecule has 0 aromatic carbocycles. The van der Waals surface area contributed by atoms with E-state index < -0.39 is 0 Å². The predicted octanol–water partition coefficient (Wildman–Crippen LogP) is 0.807. The topological polar surface area (TPSA) is 98.4 Å². The Kier molecular flexibility index (Phi) is 6.96. The van der Waals surface area contributed by atoms with Gasteiger partial charge in [0.15, 0.2) is 0 Å². The van der Waals surface area contributed by atoms with E-state index in [0.717, 1.165) is 12.8 Å². The molecule has 0 saturated heterocycles. The van der Waals surface area contributed by atoms with E-state index in [9.17, 15) is 0 Å². The summed E-state index contributed by atoms with van der Waals surface area (Å²) in [6, 6.07) is 0.555. The zero-order valence-electron chi connectivity index (χ0n) is 12.6. The fourth-order valence-electron chi connectivity index (χ4n) is 2.00. The average Bonchev–Trinajstić information content (AvgIpc) is 2.50. The van der Waals surface area contributed by atoms with Crippen molar-refractivity contribution in [1.29, 1.82) is 0 Å². The highest BCUT2D eigenvalue weighted by Crippen LogP contribution is 2.19. The molecule has 114 valence electrons. The number of methoxy groups -OCH3 is 2. The average molecular weight is 284 g/mol. The van der Waals surface area contributed by atoms with Crippen LogP contribution < -0.4 is 20.9 Å². The van der Waals surface area contributed by atoms with Gasteiger partial charge in [-0.05, 0) is 12.8 Å². The maximum Gasteiger partial charge on any atom is 0.322 e. The number of aromatic nitrogens is 3. The molecule has 0 unspecified atom stereocenters. The molecule has 8 heteroatoms. The molecular formula is C12H24N6O2. The van der Waals surface area contributed by atoms with Gasteiger partial charge in [-0.2, -0.15) is 15.0 Å². The summed E-state index contributed by atoms with van der Waals surface area (Å²) in [5, 5.41) is 0. The quantitative estimate of drug-likeness (QED) is 0.507. The minimum absolute atomic E-state index is 0.233. The summed E-state index contributed by atoms with van der Waals surface area (Å²) in [6.07, 6.45) is 1.97. The molecule has 1 aromatic rings. The van der Waals surface area contributed by atoms with Gasteiger partial charge in [-0.3, -0.25) is 5.43 Å². The lowest BCUT2D eigenvalue weighted by Gasteiger charge is -2.30. The van der Waals surface area contributed by atoms with Crippen LogP contribution in [0.15, 0.2) is 0 Å². The van der Waals surface area contributed by atoms with Crippen LogP contribution in [0.25, 0.3) is 0 Å². The third kappa shape index (κ3) is 4.17. The molecule has 0 saturated carbocycles. The zero-order valence-corrected chi connectivity index (χ0v) is 12.6. The smallest absolute Gasteiger partial charge is 0.322 e. The van der Waals surface area contributed by atoms with Crippen LogP contribution in [0.5, 0.6) is 6.01 Å². The van der Waals surface area contributed by atoms with Crippen LogP contribution in [-0.4, -0.2) is 48.4 Å². The van der Waals surface area contributed by atoms with E-state index in [-0.39, 0.29) is 12.0 Å². The molecule has 0 aliphatic rings. The number of nitrogens with two attached hydrogens (primary N) is 1. The Morgan fingerprint density at radius 2 is 1.90 bits per heavy atom. The number of nitrogens with one attached hydrogen (secondary N) is 1. The molecule has 0 radical (unpaired) electrons. The summed E-state index contributed by atoms with van der Waals surface area (Å²) in [5.74, 6) is 6.20. The Bertz CT molecular complexity index is 377. The Labute approximate surface area is 119 Å². The molecule has 0 atom stereocenters. The van der Waals surface area contributed by atoms with Crippen LogP contribution in [0.2, 0.25) is 0 Å². The molecule has 0 spiro atoms. The van der Waals surface area contributed by atoms with E-state index in [1.165, 1.54) is 7.11 Å². The standard InChI is InChI=1S/C12H24N6O2/c1-5-9(6-2)18(7-8-19-3)11-14-10(17-13)15-12(16-11)20-4/h9H,5-8,13H2,1-4H3,(H,14,15,16,17). The van der Waals surface area contributed by atoms with Crippen molar-refractivity contribution >= 4 is 11.9 Å². The van der Waals surface area contributed by atoms with E-state index in [0.29, 0.717) is 25.1 Å². The first kappa shape index (κ1) is 16.4. The number of rotatable bonds is 9. The first-order chi connectivity index (χ1) is 9.69. The number of nitrogen functional groups attached to an aromatic ring is 1. The lowest BCUT2D eigenvalue weighted by atomic mass is 10.1. The number of nitrogens with zero attached hydrogens (tertiary/aromatic N) is 4. The first-order valence-electron chi connectivity index (χ1n) is 6.72. The second-order valence-electron chi connectivity index (χ2n) is 4.25. The lowest BCUT2D eigenvalue weighted by Crippen LogP contribution is -2.38. The van der Waals surface area contributed by atoms with Gasteiger partial charge in [0, 0.05) is 19.7 Å². The van der Waals surface area contributed by atoms with Gasteiger partial charge in [0.25, 0.3) is 0 Å². The fourth-order valence-corrected chi connectivity index (χ4v) is 2.00. The molecule has 3 N–H and O–H groups in total. The van der Waals surface area contributed by atoms with Crippen molar-refractivity contribution in [2.45, 2.75) is 32.7 Å². The van der Waals surface area contributed by atoms with Gasteiger partial charge in [0.2, 0.25) is 11.9 Å². The molecule has 20 heavy (non-hydrogen) atoms. The van der Waals surface area contributed by atoms with Crippen LogP contribution in [0, 0.1) is 0 Å². The summed E-state index contributed by atoms with van der Waals surface area (Å²) < 4.78 is 10.2. The van der Waals surface area contributed by atoms with E-state index >= 15 is 0 Å². The van der Waals surface area contributed by atoms with E-state index in [4.69, 9.17) is 15.3 Å². The third-order valence-corrected chi connectivity index (χ3v) is 3.09. The van der Waals surface area contributed by atoms with Gasteiger partial charge in [0.1, 0.15) is 0 Å². The van der Waals surface area contributed by atoms with Gasteiger partial charge in [-0.15, -0.1) is 0 Å². The zero-order chi connectivity index (χ0) is 15.0. The first-order valence-corrected chi connectivity index (χ1v) is 6.72. The summed E-state index contributed by atoms with van der Waals surface area (Å²) >= 11 is 0. The minimum Gasteiger partial charge on any atom is -0.467 e. The van der Waals surface area contributed by atoms with Crippen LogP contribution >= 0.6 is 0 Å². The van der Waals surface area contributed by atoms with E-state index in [1.807, 2.05) is 0 Å². The largest absolute Gasteiger partial charge is 0.467 e. The number of ether oxygens (including phenoxy) is 2. The predicted molar refractivity (Wildman–Crippen MR) is 77.8 cm³/mol. The molecule has 1 heterocycles. The Morgan fingerprint density at radius 1 is 1.20 bits per heavy atom. The van der Waals surface area contributed by atoms with E-state index in [1.54, 1.807) is 7.11 Å². The lowest BCUT2D eigenvalue weighted by molar-refractivity contribution is 0.202. The SMILES string of the molecule is CCC(CC)N(CCOC)c1nc(NN)nc(OC)n1.